The largest absolute Gasteiger partial charge is 0.508 e. The number of rotatable bonds is 8. The van der Waals surface area contributed by atoms with Crippen molar-refractivity contribution in [1.82, 2.24) is 0 Å². The van der Waals surface area contributed by atoms with E-state index in [4.69, 9.17) is 9.84 Å². The van der Waals surface area contributed by atoms with Gasteiger partial charge in [-0.3, -0.25) is 5.32 Å². The van der Waals surface area contributed by atoms with Gasteiger partial charge in [0.25, 0.3) is 0 Å². The minimum atomic E-state index is -0.989. The van der Waals surface area contributed by atoms with Crippen LogP contribution in [-0.2, 0) is 9.53 Å². The monoisotopic (exact) mass is 383 g/mol. The lowest BCUT2D eigenvalue weighted by Gasteiger charge is -2.24. The van der Waals surface area contributed by atoms with E-state index in [2.05, 4.69) is 5.32 Å². The third-order valence-corrected chi connectivity index (χ3v) is 4.32. The van der Waals surface area contributed by atoms with E-state index in [9.17, 15) is 14.7 Å². The van der Waals surface area contributed by atoms with Crippen molar-refractivity contribution in [3.63, 3.8) is 0 Å². The van der Waals surface area contributed by atoms with Crippen LogP contribution in [0.25, 0.3) is 0 Å². The molecule has 2 atom stereocenters. The van der Waals surface area contributed by atoms with Crippen LogP contribution in [0, 0.1) is 12.8 Å². The number of hydrogen-bond donors (Lipinski definition) is 3. The molecular weight excluding hydrogens is 358 g/mol. The molecule has 2 rings (SSSR count). The van der Waals surface area contributed by atoms with Gasteiger partial charge in [0, 0.05) is 11.8 Å². The zero-order valence-corrected chi connectivity index (χ0v) is 16.0. The molecule has 0 aliphatic carbocycles. The molecule has 0 fully saturated rings. The fourth-order valence-electron chi connectivity index (χ4n) is 2.77. The number of nitrogens with one attached hydrogen (secondary N) is 1. The van der Waals surface area contributed by atoms with E-state index in [0.29, 0.717) is 18.5 Å². The molecule has 148 valence electrons. The Morgan fingerprint density at radius 1 is 1.11 bits per heavy atom. The van der Waals surface area contributed by atoms with Gasteiger partial charge in [-0.25, -0.2) is 9.59 Å². The van der Waals surface area contributed by atoms with E-state index >= 15 is 0 Å². The summed E-state index contributed by atoms with van der Waals surface area (Å²) in [5, 5.41) is 20.9. The number of carboxylic acid groups (broad SMARTS) is 1. The summed E-state index contributed by atoms with van der Waals surface area (Å²) in [4.78, 5) is 23.0. The molecule has 6 heteroatoms. The van der Waals surface area contributed by atoms with Crippen molar-refractivity contribution in [2.75, 3.05) is 5.32 Å². The maximum Gasteiger partial charge on any atom is 0.412 e. The molecule has 0 radical (unpaired) electrons. The molecule has 28 heavy (non-hydrogen) atoms. The van der Waals surface area contributed by atoms with Gasteiger partial charge >= 0.3 is 12.1 Å². The smallest absolute Gasteiger partial charge is 0.412 e. The van der Waals surface area contributed by atoms with Crippen molar-refractivity contribution in [2.45, 2.75) is 32.8 Å². The van der Waals surface area contributed by atoms with Gasteiger partial charge in [-0.15, -0.1) is 0 Å². The van der Waals surface area contributed by atoms with Crippen LogP contribution < -0.4 is 5.32 Å². The van der Waals surface area contributed by atoms with Crippen LogP contribution in [-0.4, -0.2) is 22.3 Å². The molecule has 0 aliphatic heterocycles. The van der Waals surface area contributed by atoms with Gasteiger partial charge in [-0.2, -0.15) is 0 Å². The maximum absolute atomic E-state index is 12.4. The number of amides is 1. The quantitative estimate of drug-likeness (QED) is 0.555. The Kier molecular flexibility index (Phi) is 7.63. The zero-order chi connectivity index (χ0) is 20.5. The number of allylic oxidation sites excluding steroid dienone is 1. The highest BCUT2D eigenvalue weighted by molar-refractivity contribution is 5.84. The first kappa shape index (κ1) is 21.0. The standard InChI is InChI=1S/C22H25NO5/c1-15-7-11-18(12-8-15)23-22(27)28-21(17-9-13-19(24)14-10-17)16(2)5-3-4-6-20(25)26/h4,6-14,16,21,24H,3,5H2,1-2H3,(H,23,27)(H,25,26)/b6-4+/t16-,21-/m1/s1. The Labute approximate surface area is 164 Å². The Morgan fingerprint density at radius 2 is 1.75 bits per heavy atom. The van der Waals surface area contributed by atoms with E-state index in [1.807, 2.05) is 26.0 Å². The van der Waals surface area contributed by atoms with E-state index < -0.39 is 18.2 Å². The molecule has 2 aromatic carbocycles. The first-order valence-corrected chi connectivity index (χ1v) is 9.08. The van der Waals surface area contributed by atoms with Crippen LogP contribution in [0.5, 0.6) is 5.75 Å². The van der Waals surface area contributed by atoms with Crippen LogP contribution in [0.15, 0.2) is 60.7 Å². The lowest BCUT2D eigenvalue weighted by molar-refractivity contribution is -0.131. The summed E-state index contributed by atoms with van der Waals surface area (Å²) in [6.45, 7) is 3.90. The van der Waals surface area contributed by atoms with Gasteiger partial charge in [0.2, 0.25) is 0 Å². The molecule has 0 bridgehead atoms. The molecule has 6 nitrogen and oxygen atoms in total. The van der Waals surface area contributed by atoms with Gasteiger partial charge in [-0.1, -0.05) is 42.8 Å². The number of phenols is 1. The Bertz CT molecular complexity index is 812. The summed E-state index contributed by atoms with van der Waals surface area (Å²) in [6, 6.07) is 13.9. The molecule has 0 saturated carbocycles. The summed E-state index contributed by atoms with van der Waals surface area (Å²) in [6.07, 6.45) is 2.75. The molecule has 0 aromatic heterocycles. The average Bonchev–Trinajstić information content (AvgIpc) is 2.66. The predicted octanol–water partition coefficient (Wildman–Crippen LogP) is 5.05. The van der Waals surface area contributed by atoms with Crippen LogP contribution >= 0.6 is 0 Å². The maximum atomic E-state index is 12.4. The second-order valence-corrected chi connectivity index (χ2v) is 6.70. The van der Waals surface area contributed by atoms with Crippen molar-refractivity contribution in [2.24, 2.45) is 5.92 Å². The van der Waals surface area contributed by atoms with Gasteiger partial charge in [-0.05, 0) is 55.5 Å². The highest BCUT2D eigenvalue weighted by Gasteiger charge is 2.23. The summed E-state index contributed by atoms with van der Waals surface area (Å²) >= 11 is 0. The van der Waals surface area contributed by atoms with E-state index in [1.165, 1.54) is 0 Å². The minimum absolute atomic E-state index is 0.0632. The zero-order valence-electron chi connectivity index (χ0n) is 16.0. The Balaban J connectivity index is 2.08. The number of aliphatic carboxylic acids is 1. The van der Waals surface area contributed by atoms with Crippen molar-refractivity contribution < 1.29 is 24.5 Å². The topological polar surface area (TPSA) is 95.9 Å². The van der Waals surface area contributed by atoms with Crippen LogP contribution in [0.1, 0.15) is 37.0 Å². The lowest BCUT2D eigenvalue weighted by Crippen LogP contribution is -2.22. The average molecular weight is 383 g/mol. The number of benzene rings is 2. The summed E-state index contributed by atoms with van der Waals surface area (Å²) < 4.78 is 5.68. The lowest BCUT2D eigenvalue weighted by atomic mass is 9.93. The minimum Gasteiger partial charge on any atom is -0.508 e. The van der Waals surface area contributed by atoms with Crippen LogP contribution in [0.4, 0.5) is 10.5 Å². The predicted molar refractivity (Wildman–Crippen MR) is 107 cm³/mol. The van der Waals surface area contributed by atoms with Crippen LogP contribution in [0.2, 0.25) is 0 Å². The number of carboxylic acids is 1. The number of carbonyl (C=O) groups is 2. The van der Waals surface area contributed by atoms with Gasteiger partial charge < -0.3 is 14.9 Å². The number of carbonyl (C=O) groups excluding carboxylic acids is 1. The van der Waals surface area contributed by atoms with Gasteiger partial charge in [0.15, 0.2) is 0 Å². The highest BCUT2D eigenvalue weighted by atomic mass is 16.6. The van der Waals surface area contributed by atoms with Crippen molar-refractivity contribution in [1.29, 1.82) is 0 Å². The third kappa shape index (κ3) is 6.79. The molecule has 2 aromatic rings. The van der Waals surface area contributed by atoms with Crippen LogP contribution in [0.3, 0.4) is 0 Å². The highest BCUT2D eigenvalue weighted by Crippen LogP contribution is 2.31. The van der Waals surface area contributed by atoms with E-state index in [-0.39, 0.29) is 11.7 Å². The number of phenolic OH excluding ortho intramolecular Hbond substituents is 1. The molecule has 0 spiro atoms. The van der Waals surface area contributed by atoms with E-state index in [1.54, 1.807) is 42.5 Å². The summed E-state index contributed by atoms with van der Waals surface area (Å²) in [5.41, 5.74) is 2.48. The van der Waals surface area contributed by atoms with Gasteiger partial charge in [0.05, 0.1) is 0 Å². The fraction of sp³-hybridized carbons (Fsp3) is 0.273. The number of anilines is 1. The third-order valence-electron chi connectivity index (χ3n) is 4.32. The normalized spacial score (nSPS) is 13.1. The van der Waals surface area contributed by atoms with Crippen molar-refractivity contribution in [3.05, 3.63) is 71.8 Å². The van der Waals surface area contributed by atoms with E-state index in [0.717, 1.165) is 17.2 Å². The molecule has 0 heterocycles. The summed E-state index contributed by atoms with van der Waals surface area (Å²) in [7, 11) is 0. The summed E-state index contributed by atoms with van der Waals surface area (Å²) in [5.74, 6) is -0.924. The molecule has 0 saturated heterocycles. The second-order valence-electron chi connectivity index (χ2n) is 6.70. The first-order valence-electron chi connectivity index (χ1n) is 9.08. The fourth-order valence-corrected chi connectivity index (χ4v) is 2.77. The molecule has 0 unspecified atom stereocenters. The number of aryl methyl sites for hydroxylation is 1. The first-order chi connectivity index (χ1) is 13.3. The Hall–Kier alpha value is -3.28. The molecule has 3 N–H and O–H groups in total. The van der Waals surface area contributed by atoms with Gasteiger partial charge in [0.1, 0.15) is 11.9 Å². The Morgan fingerprint density at radius 3 is 2.36 bits per heavy atom. The molecular formula is C22H25NO5. The number of hydrogen-bond acceptors (Lipinski definition) is 4. The second kappa shape index (κ2) is 10.2. The number of ether oxygens (including phenoxy) is 1. The van der Waals surface area contributed by atoms with Crippen molar-refractivity contribution in [3.8, 4) is 5.75 Å². The number of aromatic hydroxyl groups is 1. The molecule has 0 aliphatic rings. The molecule has 1 amide bonds. The SMILES string of the molecule is Cc1ccc(NC(=O)O[C@@H](c2ccc(O)cc2)[C@H](C)CC/C=C/C(=O)O)cc1. The van der Waals surface area contributed by atoms with Crippen molar-refractivity contribution >= 4 is 17.7 Å².